The van der Waals surface area contributed by atoms with Gasteiger partial charge < -0.3 is 15.8 Å². The molecule has 1 amide bonds. The van der Waals surface area contributed by atoms with Crippen molar-refractivity contribution in [3.8, 4) is 0 Å². The Balaban J connectivity index is 0.00000208. The van der Waals surface area contributed by atoms with Crippen LogP contribution in [0.15, 0.2) is 30.5 Å². The molecule has 8 heteroatoms. The summed E-state index contributed by atoms with van der Waals surface area (Å²) >= 11 is 1.33. The lowest BCUT2D eigenvalue weighted by atomic mass is 9.90. The highest BCUT2D eigenvalue weighted by Gasteiger charge is 2.36. The van der Waals surface area contributed by atoms with Crippen molar-refractivity contribution in [2.45, 2.75) is 24.8 Å². The summed E-state index contributed by atoms with van der Waals surface area (Å²) in [6, 6.07) is 6.63. The van der Waals surface area contributed by atoms with Crippen LogP contribution >= 0.6 is 23.7 Å². The second-order valence-electron chi connectivity index (χ2n) is 5.62. The molecule has 1 aromatic carbocycles. The standard InChI is InChI=1S/C16H18FN3O2S.ClH/c17-13-4-2-1-3-11(13)9-12-10-19-15(23-12)20-14(21)16(18)5-7-22-8-6-16;/h1-4,10H,5-9,18H2,(H,19,20,21);1H. The predicted molar refractivity (Wildman–Crippen MR) is 94.2 cm³/mol. The van der Waals surface area contributed by atoms with E-state index in [4.69, 9.17) is 10.5 Å². The highest BCUT2D eigenvalue weighted by Crippen LogP contribution is 2.25. The number of nitrogens with two attached hydrogens (primary N) is 1. The normalized spacial score (nSPS) is 16.2. The molecule has 1 saturated heterocycles. The van der Waals surface area contributed by atoms with Crippen LogP contribution in [0, 0.1) is 5.82 Å². The second kappa shape index (κ2) is 8.02. The molecule has 3 rings (SSSR count). The highest BCUT2D eigenvalue weighted by atomic mass is 35.5. The number of hydrogen-bond acceptors (Lipinski definition) is 5. The molecule has 2 aromatic rings. The quantitative estimate of drug-likeness (QED) is 0.866. The molecule has 0 aliphatic carbocycles. The third-order valence-electron chi connectivity index (χ3n) is 3.93. The number of rotatable bonds is 4. The summed E-state index contributed by atoms with van der Waals surface area (Å²) in [7, 11) is 0. The van der Waals surface area contributed by atoms with E-state index in [1.165, 1.54) is 17.4 Å². The Morgan fingerprint density at radius 2 is 2.08 bits per heavy atom. The molecule has 0 bridgehead atoms. The van der Waals surface area contributed by atoms with E-state index < -0.39 is 5.54 Å². The Bertz CT molecular complexity index is 704. The number of thiazole rings is 1. The van der Waals surface area contributed by atoms with E-state index in [0.29, 0.717) is 43.2 Å². The van der Waals surface area contributed by atoms with Crippen molar-refractivity contribution in [3.05, 3.63) is 46.7 Å². The Morgan fingerprint density at radius 1 is 1.38 bits per heavy atom. The van der Waals surface area contributed by atoms with Crippen molar-refractivity contribution in [2.75, 3.05) is 18.5 Å². The van der Waals surface area contributed by atoms with Crippen LogP contribution in [0.5, 0.6) is 0 Å². The van der Waals surface area contributed by atoms with Crippen LogP contribution in [0.3, 0.4) is 0 Å². The number of halogens is 2. The fraction of sp³-hybridized carbons (Fsp3) is 0.375. The van der Waals surface area contributed by atoms with Gasteiger partial charge in [-0.3, -0.25) is 4.79 Å². The molecule has 5 nitrogen and oxygen atoms in total. The van der Waals surface area contributed by atoms with Crippen LogP contribution in [0.2, 0.25) is 0 Å². The zero-order valence-corrected chi connectivity index (χ0v) is 14.6. The fourth-order valence-corrected chi connectivity index (χ4v) is 3.29. The lowest BCUT2D eigenvalue weighted by Gasteiger charge is -2.31. The first-order valence-electron chi connectivity index (χ1n) is 7.43. The Kier molecular flexibility index (Phi) is 6.28. The van der Waals surface area contributed by atoms with Crippen LogP contribution < -0.4 is 11.1 Å². The van der Waals surface area contributed by atoms with Gasteiger partial charge in [-0.05, 0) is 24.5 Å². The third kappa shape index (κ3) is 4.30. The van der Waals surface area contributed by atoms with Gasteiger partial charge in [-0.25, -0.2) is 9.37 Å². The summed E-state index contributed by atoms with van der Waals surface area (Å²) in [4.78, 5) is 17.4. The lowest BCUT2D eigenvalue weighted by Crippen LogP contribution is -2.54. The molecule has 1 aromatic heterocycles. The number of nitrogens with zero attached hydrogens (tertiary/aromatic N) is 1. The van der Waals surface area contributed by atoms with E-state index in [9.17, 15) is 9.18 Å². The summed E-state index contributed by atoms with van der Waals surface area (Å²) in [5.41, 5.74) is 5.83. The number of carbonyl (C=O) groups is 1. The molecular weight excluding hydrogens is 353 g/mol. The SMILES string of the molecule is Cl.NC1(C(=O)Nc2ncc(Cc3ccccc3F)s2)CCOCC1. The molecule has 0 atom stereocenters. The summed E-state index contributed by atoms with van der Waals surface area (Å²) < 4.78 is 18.9. The largest absolute Gasteiger partial charge is 0.381 e. The maximum Gasteiger partial charge on any atom is 0.246 e. The molecule has 3 N–H and O–H groups in total. The maximum atomic E-state index is 13.7. The Morgan fingerprint density at radius 3 is 2.79 bits per heavy atom. The van der Waals surface area contributed by atoms with Gasteiger partial charge in [-0.2, -0.15) is 0 Å². The van der Waals surface area contributed by atoms with E-state index >= 15 is 0 Å². The molecule has 2 heterocycles. The van der Waals surface area contributed by atoms with Gasteiger partial charge in [0.25, 0.3) is 0 Å². The topological polar surface area (TPSA) is 77.2 Å². The van der Waals surface area contributed by atoms with Crippen LogP contribution in [-0.4, -0.2) is 29.6 Å². The second-order valence-corrected chi connectivity index (χ2v) is 6.74. The first kappa shape index (κ1) is 18.8. The molecule has 0 unspecified atom stereocenters. The average molecular weight is 372 g/mol. The van der Waals surface area contributed by atoms with Gasteiger partial charge in [0.05, 0.1) is 0 Å². The van der Waals surface area contributed by atoms with Crippen molar-refractivity contribution >= 4 is 34.8 Å². The minimum absolute atomic E-state index is 0. The Labute approximate surface area is 149 Å². The van der Waals surface area contributed by atoms with Crippen LogP contribution in [0.1, 0.15) is 23.3 Å². The molecule has 130 valence electrons. The predicted octanol–water partition coefficient (Wildman–Crippen LogP) is 2.74. The molecule has 0 spiro atoms. The molecule has 0 radical (unpaired) electrons. The number of amides is 1. The third-order valence-corrected chi connectivity index (χ3v) is 4.85. The zero-order valence-electron chi connectivity index (χ0n) is 13.0. The molecule has 1 aliphatic rings. The number of carbonyl (C=O) groups excluding carboxylic acids is 1. The van der Waals surface area contributed by atoms with E-state index in [0.717, 1.165) is 4.88 Å². The lowest BCUT2D eigenvalue weighted by molar-refractivity contribution is -0.124. The molecule has 0 saturated carbocycles. The van der Waals surface area contributed by atoms with Crippen molar-refractivity contribution in [3.63, 3.8) is 0 Å². The monoisotopic (exact) mass is 371 g/mol. The van der Waals surface area contributed by atoms with Crippen molar-refractivity contribution in [2.24, 2.45) is 5.73 Å². The summed E-state index contributed by atoms with van der Waals surface area (Å²) in [5, 5.41) is 3.25. The number of benzene rings is 1. The number of aromatic nitrogens is 1. The first-order chi connectivity index (χ1) is 11.1. The van der Waals surface area contributed by atoms with Crippen LogP contribution in [0.4, 0.5) is 9.52 Å². The first-order valence-corrected chi connectivity index (χ1v) is 8.25. The van der Waals surface area contributed by atoms with Gasteiger partial charge in [0.2, 0.25) is 5.91 Å². The number of anilines is 1. The maximum absolute atomic E-state index is 13.7. The average Bonchev–Trinajstić information content (AvgIpc) is 2.97. The fourth-order valence-electron chi connectivity index (χ4n) is 2.46. The van der Waals surface area contributed by atoms with Crippen molar-refractivity contribution in [1.82, 2.24) is 4.98 Å². The molecule has 24 heavy (non-hydrogen) atoms. The van der Waals surface area contributed by atoms with E-state index in [1.807, 2.05) is 0 Å². The molecule has 1 fully saturated rings. The van der Waals surface area contributed by atoms with Gasteiger partial charge in [-0.15, -0.1) is 23.7 Å². The summed E-state index contributed by atoms with van der Waals surface area (Å²) in [6.45, 7) is 0.973. The van der Waals surface area contributed by atoms with Gasteiger partial charge in [0.15, 0.2) is 5.13 Å². The highest BCUT2D eigenvalue weighted by molar-refractivity contribution is 7.15. The van der Waals surface area contributed by atoms with Gasteiger partial charge in [0, 0.05) is 30.7 Å². The number of hydrogen-bond donors (Lipinski definition) is 2. The van der Waals surface area contributed by atoms with Crippen LogP contribution in [0.25, 0.3) is 0 Å². The van der Waals surface area contributed by atoms with Crippen molar-refractivity contribution < 1.29 is 13.9 Å². The van der Waals surface area contributed by atoms with E-state index in [1.54, 1.807) is 24.4 Å². The Hall–Kier alpha value is -1.54. The van der Waals surface area contributed by atoms with Gasteiger partial charge >= 0.3 is 0 Å². The molecular formula is C16H19ClFN3O2S. The van der Waals surface area contributed by atoms with Gasteiger partial charge in [0.1, 0.15) is 11.4 Å². The van der Waals surface area contributed by atoms with Crippen LogP contribution in [-0.2, 0) is 16.0 Å². The summed E-state index contributed by atoms with van der Waals surface area (Å²) in [6.07, 6.45) is 3.08. The van der Waals surface area contributed by atoms with E-state index in [2.05, 4.69) is 10.3 Å². The van der Waals surface area contributed by atoms with Gasteiger partial charge in [-0.1, -0.05) is 18.2 Å². The molecule has 1 aliphatic heterocycles. The minimum atomic E-state index is -0.907. The number of nitrogens with one attached hydrogen (secondary N) is 1. The smallest absolute Gasteiger partial charge is 0.246 e. The zero-order chi connectivity index (χ0) is 16.3. The van der Waals surface area contributed by atoms with E-state index in [-0.39, 0.29) is 24.1 Å². The minimum Gasteiger partial charge on any atom is -0.381 e. The summed E-state index contributed by atoms with van der Waals surface area (Å²) in [5.74, 6) is -0.484. The number of ether oxygens (including phenoxy) is 1. The van der Waals surface area contributed by atoms with Crippen molar-refractivity contribution in [1.29, 1.82) is 0 Å².